The van der Waals surface area contributed by atoms with Gasteiger partial charge in [0.15, 0.2) is 0 Å². The SMILES string of the molecule is CCSc1cc(C2(C#N)CC2)c[n+](OC)c1-c1cc2c(cn1)n(CC(F)(F)C(F)(F)F)c(=O)n2C. The molecule has 35 heavy (non-hydrogen) atoms. The molecule has 13 heteroatoms. The summed E-state index contributed by atoms with van der Waals surface area (Å²) in [7, 11) is 2.72. The number of nitrogens with zero attached hydrogens (tertiary/aromatic N) is 5. The van der Waals surface area contributed by atoms with Crippen molar-refractivity contribution in [2.45, 2.75) is 48.7 Å². The molecule has 1 aliphatic rings. The highest BCUT2D eigenvalue weighted by Crippen LogP contribution is 2.48. The Kier molecular flexibility index (Phi) is 6.07. The average molecular weight is 515 g/mol. The second kappa shape index (κ2) is 8.51. The van der Waals surface area contributed by atoms with Gasteiger partial charge in [-0.15, -0.1) is 11.8 Å². The first kappa shape index (κ1) is 25.0. The average Bonchev–Trinajstić information content (AvgIpc) is 3.58. The number of imidazole rings is 1. The van der Waals surface area contributed by atoms with Crippen molar-refractivity contribution in [1.29, 1.82) is 5.26 Å². The summed E-state index contributed by atoms with van der Waals surface area (Å²) in [6, 6.07) is 5.67. The minimum absolute atomic E-state index is 0.132. The maximum atomic E-state index is 13.7. The van der Waals surface area contributed by atoms with Crippen molar-refractivity contribution in [2.24, 2.45) is 7.05 Å². The number of aryl methyl sites for hydroxylation is 1. The first-order valence-corrected chi connectivity index (χ1v) is 11.6. The van der Waals surface area contributed by atoms with Gasteiger partial charge in [0.25, 0.3) is 5.69 Å². The Bertz CT molecular complexity index is 1400. The minimum Gasteiger partial charge on any atom is -0.295 e. The maximum Gasteiger partial charge on any atom is 0.455 e. The predicted molar refractivity (Wildman–Crippen MR) is 117 cm³/mol. The molecule has 0 N–H and O–H groups in total. The fourth-order valence-electron chi connectivity index (χ4n) is 3.92. The summed E-state index contributed by atoms with van der Waals surface area (Å²) in [4.78, 5) is 23.1. The maximum absolute atomic E-state index is 13.7. The number of hydrogen-bond acceptors (Lipinski definition) is 5. The summed E-state index contributed by atoms with van der Waals surface area (Å²) in [5.41, 5.74) is -0.0196. The van der Waals surface area contributed by atoms with Crippen molar-refractivity contribution in [2.75, 3.05) is 12.9 Å². The quantitative estimate of drug-likeness (QED) is 0.274. The van der Waals surface area contributed by atoms with Gasteiger partial charge in [-0.3, -0.25) is 14.0 Å². The summed E-state index contributed by atoms with van der Waals surface area (Å²) in [6.07, 6.45) is -1.56. The third kappa shape index (κ3) is 4.13. The fraction of sp³-hybridized carbons (Fsp3) is 0.455. The topological polar surface area (TPSA) is 76.7 Å². The fourth-order valence-corrected chi connectivity index (χ4v) is 4.77. The van der Waals surface area contributed by atoms with Crippen LogP contribution in [0.25, 0.3) is 22.4 Å². The van der Waals surface area contributed by atoms with Crippen molar-refractivity contribution in [3.63, 3.8) is 0 Å². The zero-order valence-electron chi connectivity index (χ0n) is 19.0. The standard InChI is InChI=1S/C22H21F5N5O2S/c1-4-35-17-7-13(20(11-28)5-6-20)10-32(34-3)18(17)14-8-15-16(9-29-14)31(19(33)30(15)2)12-21(23,24)22(25,26)27/h7-10H,4-6,12H2,1-3H3/q+1. The van der Waals surface area contributed by atoms with Crippen molar-refractivity contribution < 1.29 is 31.5 Å². The molecular weight excluding hydrogens is 493 g/mol. The van der Waals surface area contributed by atoms with Crippen LogP contribution in [-0.4, -0.2) is 39.1 Å². The molecule has 1 aliphatic carbocycles. The first-order valence-electron chi connectivity index (χ1n) is 10.6. The third-order valence-electron chi connectivity index (χ3n) is 6.06. The van der Waals surface area contributed by atoms with Crippen molar-refractivity contribution in [1.82, 2.24) is 14.1 Å². The van der Waals surface area contributed by atoms with Crippen LogP contribution >= 0.6 is 11.8 Å². The largest absolute Gasteiger partial charge is 0.455 e. The van der Waals surface area contributed by atoms with E-state index in [4.69, 9.17) is 4.84 Å². The lowest BCUT2D eigenvalue weighted by molar-refractivity contribution is -0.878. The van der Waals surface area contributed by atoms with Crippen molar-refractivity contribution in [3.8, 4) is 17.5 Å². The Morgan fingerprint density at radius 3 is 2.49 bits per heavy atom. The lowest BCUT2D eigenvalue weighted by Crippen LogP contribution is -2.44. The molecule has 0 atom stereocenters. The van der Waals surface area contributed by atoms with E-state index in [-0.39, 0.29) is 11.0 Å². The molecule has 1 saturated carbocycles. The summed E-state index contributed by atoms with van der Waals surface area (Å²) < 4.78 is 68.6. The van der Waals surface area contributed by atoms with Crippen LogP contribution in [0, 0.1) is 11.3 Å². The van der Waals surface area contributed by atoms with E-state index in [2.05, 4.69) is 11.1 Å². The number of pyridine rings is 2. The van der Waals surface area contributed by atoms with Crippen LogP contribution in [0.5, 0.6) is 0 Å². The lowest BCUT2D eigenvalue weighted by atomic mass is 9.99. The molecule has 186 valence electrons. The molecule has 0 spiro atoms. The zero-order valence-corrected chi connectivity index (χ0v) is 19.8. The molecule has 0 saturated heterocycles. The van der Waals surface area contributed by atoms with Crippen LogP contribution in [0.2, 0.25) is 0 Å². The van der Waals surface area contributed by atoms with Gasteiger partial charge in [-0.05, 0) is 30.7 Å². The molecule has 3 aromatic rings. The van der Waals surface area contributed by atoms with Crippen LogP contribution in [0.3, 0.4) is 0 Å². The minimum atomic E-state index is -5.80. The number of halogens is 5. The normalized spacial score (nSPS) is 15.3. The van der Waals surface area contributed by atoms with Crippen LogP contribution < -0.4 is 15.3 Å². The molecule has 0 unspecified atom stereocenters. The number of rotatable bonds is 7. The molecule has 3 aromatic heterocycles. The highest BCUT2D eigenvalue weighted by atomic mass is 32.2. The van der Waals surface area contributed by atoms with E-state index in [0.717, 1.165) is 34.1 Å². The Morgan fingerprint density at radius 2 is 1.94 bits per heavy atom. The Hall–Kier alpha value is -3.14. The molecule has 4 rings (SSSR count). The van der Waals surface area contributed by atoms with E-state index >= 15 is 0 Å². The van der Waals surface area contributed by atoms with Gasteiger partial charge in [-0.1, -0.05) is 6.92 Å². The molecule has 0 aromatic carbocycles. The Labute approximate surface area is 200 Å². The Balaban J connectivity index is 1.88. The lowest BCUT2D eigenvalue weighted by Gasteiger charge is -2.19. The highest BCUT2D eigenvalue weighted by Gasteiger charge is 2.58. The van der Waals surface area contributed by atoms with Gasteiger partial charge in [-0.2, -0.15) is 27.2 Å². The summed E-state index contributed by atoms with van der Waals surface area (Å²) in [6.45, 7) is 0.0877. The molecule has 0 bridgehead atoms. The zero-order chi connectivity index (χ0) is 25.8. The second-order valence-electron chi connectivity index (χ2n) is 8.27. The van der Waals surface area contributed by atoms with E-state index < -0.39 is 29.7 Å². The van der Waals surface area contributed by atoms with Crippen molar-refractivity contribution in [3.05, 3.63) is 40.6 Å². The van der Waals surface area contributed by atoms with E-state index in [9.17, 15) is 32.0 Å². The summed E-state index contributed by atoms with van der Waals surface area (Å²) >= 11 is 1.48. The van der Waals surface area contributed by atoms with Gasteiger partial charge >= 0.3 is 17.8 Å². The van der Waals surface area contributed by atoms with E-state index in [1.54, 1.807) is 6.20 Å². The predicted octanol–water partition coefficient (Wildman–Crippen LogP) is 3.61. The first-order chi connectivity index (χ1) is 16.4. The van der Waals surface area contributed by atoms with Crippen molar-refractivity contribution >= 4 is 22.8 Å². The number of fused-ring (bicyclic) bond motifs is 1. The van der Waals surface area contributed by atoms with Crippen LogP contribution in [0.15, 0.2) is 34.2 Å². The summed E-state index contributed by atoms with van der Waals surface area (Å²) in [5.74, 6) is -4.41. The number of alkyl halides is 5. The van der Waals surface area contributed by atoms with Crippen LogP contribution in [-0.2, 0) is 19.0 Å². The summed E-state index contributed by atoms with van der Waals surface area (Å²) in [5, 5.41) is 9.61. The van der Waals surface area contributed by atoms with Crippen LogP contribution in [0.1, 0.15) is 25.3 Å². The molecule has 0 radical (unpaired) electrons. The van der Waals surface area contributed by atoms with Gasteiger partial charge < -0.3 is 0 Å². The van der Waals surface area contributed by atoms with Gasteiger partial charge in [0.05, 0.1) is 33.6 Å². The molecule has 0 amide bonds. The molecule has 3 heterocycles. The molecular formula is C22H21F5N5O2S+. The number of aromatic nitrogens is 4. The number of nitriles is 1. The van der Waals surface area contributed by atoms with Gasteiger partial charge in [-0.25, -0.2) is 9.78 Å². The van der Waals surface area contributed by atoms with E-state index in [0.29, 0.717) is 21.7 Å². The van der Waals surface area contributed by atoms with Gasteiger partial charge in [0.1, 0.15) is 19.3 Å². The van der Waals surface area contributed by atoms with Gasteiger partial charge in [0.2, 0.25) is 6.20 Å². The molecule has 7 nitrogen and oxygen atoms in total. The van der Waals surface area contributed by atoms with E-state index in [1.165, 1.54) is 36.7 Å². The van der Waals surface area contributed by atoms with Crippen LogP contribution in [0.4, 0.5) is 22.0 Å². The monoisotopic (exact) mass is 514 g/mol. The Morgan fingerprint density at radius 1 is 1.26 bits per heavy atom. The third-order valence-corrected chi connectivity index (χ3v) is 6.97. The second-order valence-corrected chi connectivity index (χ2v) is 9.57. The molecule has 1 fully saturated rings. The van der Waals surface area contributed by atoms with Gasteiger partial charge in [0, 0.05) is 17.3 Å². The molecule has 0 aliphatic heterocycles. The number of hydrogen-bond donors (Lipinski definition) is 0. The smallest absolute Gasteiger partial charge is 0.295 e. The van der Waals surface area contributed by atoms with E-state index in [1.807, 2.05) is 13.0 Å². The highest BCUT2D eigenvalue weighted by molar-refractivity contribution is 7.99. The number of thioether (sulfide) groups is 1.